The molecule has 2 nitrogen and oxygen atoms in total. The molecule has 2 heteroatoms. The van der Waals surface area contributed by atoms with E-state index >= 15 is 0 Å². The van der Waals surface area contributed by atoms with E-state index < -0.39 is 0 Å². The van der Waals surface area contributed by atoms with Gasteiger partial charge in [-0.3, -0.25) is 0 Å². The summed E-state index contributed by atoms with van der Waals surface area (Å²) in [5.41, 5.74) is 3.03. The fraction of sp³-hybridized carbons (Fsp3) is 0.600. The van der Waals surface area contributed by atoms with Gasteiger partial charge in [0.05, 0.1) is 0 Å². The summed E-state index contributed by atoms with van der Waals surface area (Å²) < 4.78 is 5.41. The minimum atomic E-state index is 0.252. The van der Waals surface area contributed by atoms with Gasteiger partial charge in [0.1, 0.15) is 0 Å². The van der Waals surface area contributed by atoms with Gasteiger partial charge < -0.3 is 10.1 Å². The smallest absolute Gasteiger partial charge is 0.0483 e. The summed E-state index contributed by atoms with van der Waals surface area (Å²) in [6.45, 7) is 7.23. The van der Waals surface area contributed by atoms with Crippen molar-refractivity contribution in [2.75, 3.05) is 13.2 Å². The van der Waals surface area contributed by atoms with Crippen LogP contribution in [0.3, 0.4) is 0 Å². The Morgan fingerprint density at radius 3 is 2.29 bits per heavy atom. The molecule has 0 unspecified atom stereocenters. The first-order valence-electron chi connectivity index (χ1n) is 6.62. The normalized spacial score (nSPS) is 19.2. The van der Waals surface area contributed by atoms with Crippen LogP contribution >= 0.6 is 0 Å². The predicted octanol–water partition coefficient (Wildman–Crippen LogP) is 2.91. The zero-order chi connectivity index (χ0) is 12.1. The SMILES string of the molecule is CCc1ccc(CNC2(C)CCOCC2)cc1. The molecule has 1 heterocycles. The molecule has 1 aromatic carbocycles. The average Bonchev–Trinajstić information content (AvgIpc) is 2.38. The molecular formula is C15H23NO. The van der Waals surface area contributed by atoms with Crippen molar-refractivity contribution < 1.29 is 4.74 Å². The van der Waals surface area contributed by atoms with Crippen LogP contribution in [0, 0.1) is 0 Å². The van der Waals surface area contributed by atoms with Crippen LogP contribution < -0.4 is 5.32 Å². The minimum Gasteiger partial charge on any atom is -0.381 e. The fourth-order valence-electron chi connectivity index (χ4n) is 2.21. The maximum Gasteiger partial charge on any atom is 0.0483 e. The van der Waals surface area contributed by atoms with Gasteiger partial charge >= 0.3 is 0 Å². The van der Waals surface area contributed by atoms with Crippen molar-refractivity contribution in [1.82, 2.24) is 5.32 Å². The molecule has 1 aliphatic heterocycles. The number of benzene rings is 1. The van der Waals surface area contributed by atoms with Gasteiger partial charge in [-0.2, -0.15) is 0 Å². The van der Waals surface area contributed by atoms with Crippen LogP contribution in [-0.2, 0) is 17.7 Å². The third-order valence-corrected chi connectivity index (χ3v) is 3.75. The van der Waals surface area contributed by atoms with Gasteiger partial charge in [0.2, 0.25) is 0 Å². The zero-order valence-electron chi connectivity index (χ0n) is 11.0. The highest BCUT2D eigenvalue weighted by molar-refractivity contribution is 5.22. The van der Waals surface area contributed by atoms with Crippen molar-refractivity contribution in [1.29, 1.82) is 0 Å². The van der Waals surface area contributed by atoms with Gasteiger partial charge in [-0.15, -0.1) is 0 Å². The second-order valence-corrected chi connectivity index (χ2v) is 5.20. The highest BCUT2D eigenvalue weighted by Gasteiger charge is 2.26. The summed E-state index contributed by atoms with van der Waals surface area (Å²) in [6.07, 6.45) is 3.34. The molecule has 94 valence electrons. The Morgan fingerprint density at radius 2 is 1.71 bits per heavy atom. The first-order valence-corrected chi connectivity index (χ1v) is 6.62. The van der Waals surface area contributed by atoms with Gasteiger partial charge in [0, 0.05) is 25.3 Å². The Morgan fingerprint density at radius 1 is 1.12 bits per heavy atom. The molecule has 0 radical (unpaired) electrons. The summed E-state index contributed by atoms with van der Waals surface area (Å²) in [7, 11) is 0. The van der Waals surface area contributed by atoms with E-state index in [-0.39, 0.29) is 5.54 Å². The van der Waals surface area contributed by atoms with E-state index in [0.29, 0.717) is 0 Å². The van der Waals surface area contributed by atoms with Crippen molar-refractivity contribution in [3.63, 3.8) is 0 Å². The molecule has 0 saturated carbocycles. The minimum absolute atomic E-state index is 0.252. The quantitative estimate of drug-likeness (QED) is 0.863. The molecular weight excluding hydrogens is 210 g/mol. The maximum atomic E-state index is 5.41. The molecule has 0 spiro atoms. The lowest BCUT2D eigenvalue weighted by molar-refractivity contribution is 0.0446. The second-order valence-electron chi connectivity index (χ2n) is 5.20. The molecule has 1 saturated heterocycles. The number of hydrogen-bond donors (Lipinski definition) is 1. The lowest BCUT2D eigenvalue weighted by atomic mass is 9.92. The van der Waals surface area contributed by atoms with Crippen LogP contribution in [0.2, 0.25) is 0 Å². The summed E-state index contributed by atoms with van der Waals surface area (Å²) in [5, 5.41) is 3.67. The van der Waals surface area contributed by atoms with Gasteiger partial charge in [0.15, 0.2) is 0 Å². The second kappa shape index (κ2) is 5.65. The summed E-state index contributed by atoms with van der Waals surface area (Å²) >= 11 is 0. The van der Waals surface area contributed by atoms with E-state index in [1.54, 1.807) is 0 Å². The molecule has 0 aliphatic carbocycles. The van der Waals surface area contributed by atoms with Crippen molar-refractivity contribution in [2.24, 2.45) is 0 Å². The third-order valence-electron chi connectivity index (χ3n) is 3.75. The van der Waals surface area contributed by atoms with Crippen LogP contribution in [0.25, 0.3) is 0 Å². The van der Waals surface area contributed by atoms with E-state index in [2.05, 4.69) is 43.4 Å². The van der Waals surface area contributed by atoms with Crippen LogP contribution in [0.4, 0.5) is 0 Å². The number of ether oxygens (including phenoxy) is 1. The average molecular weight is 233 g/mol. The first kappa shape index (κ1) is 12.6. The summed E-state index contributed by atoms with van der Waals surface area (Å²) in [4.78, 5) is 0. The highest BCUT2D eigenvalue weighted by Crippen LogP contribution is 2.20. The van der Waals surface area contributed by atoms with Gasteiger partial charge in [-0.25, -0.2) is 0 Å². The summed E-state index contributed by atoms with van der Waals surface area (Å²) in [5.74, 6) is 0. The Hall–Kier alpha value is -0.860. The molecule has 0 aromatic heterocycles. The molecule has 17 heavy (non-hydrogen) atoms. The van der Waals surface area contributed by atoms with Crippen LogP contribution in [0.1, 0.15) is 37.8 Å². The van der Waals surface area contributed by atoms with Gasteiger partial charge in [0.25, 0.3) is 0 Å². The molecule has 1 aliphatic rings. The lowest BCUT2D eigenvalue weighted by Gasteiger charge is -2.34. The number of nitrogens with one attached hydrogen (secondary N) is 1. The molecule has 1 aromatic rings. The van der Waals surface area contributed by atoms with Crippen LogP contribution in [0.5, 0.6) is 0 Å². The number of rotatable bonds is 4. The standard InChI is InChI=1S/C15H23NO/c1-3-13-4-6-14(7-5-13)12-16-15(2)8-10-17-11-9-15/h4-7,16H,3,8-12H2,1-2H3. The van der Waals surface area contributed by atoms with Crippen molar-refractivity contribution in [3.8, 4) is 0 Å². The van der Waals surface area contributed by atoms with Gasteiger partial charge in [-0.1, -0.05) is 31.2 Å². The van der Waals surface area contributed by atoms with E-state index in [1.807, 2.05) is 0 Å². The van der Waals surface area contributed by atoms with E-state index in [0.717, 1.165) is 39.0 Å². The van der Waals surface area contributed by atoms with Crippen molar-refractivity contribution >= 4 is 0 Å². The molecule has 1 fully saturated rings. The Bertz CT molecular complexity index is 338. The monoisotopic (exact) mass is 233 g/mol. The maximum absolute atomic E-state index is 5.41. The zero-order valence-corrected chi connectivity index (χ0v) is 11.0. The summed E-state index contributed by atoms with van der Waals surface area (Å²) in [6, 6.07) is 8.91. The molecule has 2 rings (SSSR count). The van der Waals surface area contributed by atoms with E-state index in [9.17, 15) is 0 Å². The van der Waals surface area contributed by atoms with Crippen LogP contribution in [-0.4, -0.2) is 18.8 Å². The topological polar surface area (TPSA) is 21.3 Å². The Balaban J connectivity index is 1.87. The van der Waals surface area contributed by atoms with Crippen molar-refractivity contribution in [3.05, 3.63) is 35.4 Å². The predicted molar refractivity (Wildman–Crippen MR) is 71.1 cm³/mol. The highest BCUT2D eigenvalue weighted by atomic mass is 16.5. The molecule has 0 amide bonds. The Kier molecular flexibility index (Phi) is 4.19. The van der Waals surface area contributed by atoms with Gasteiger partial charge in [-0.05, 0) is 37.3 Å². The largest absolute Gasteiger partial charge is 0.381 e. The van der Waals surface area contributed by atoms with E-state index in [1.165, 1.54) is 11.1 Å². The van der Waals surface area contributed by atoms with Crippen LogP contribution in [0.15, 0.2) is 24.3 Å². The fourth-order valence-corrected chi connectivity index (χ4v) is 2.21. The lowest BCUT2D eigenvalue weighted by Crippen LogP contribution is -2.46. The molecule has 0 bridgehead atoms. The van der Waals surface area contributed by atoms with Crippen molar-refractivity contribution in [2.45, 2.75) is 45.2 Å². The third kappa shape index (κ3) is 3.55. The number of aryl methyl sites for hydroxylation is 1. The molecule has 1 N–H and O–H groups in total. The number of hydrogen-bond acceptors (Lipinski definition) is 2. The van der Waals surface area contributed by atoms with E-state index in [4.69, 9.17) is 4.74 Å². The molecule has 0 atom stereocenters. The first-order chi connectivity index (χ1) is 8.22. The Labute approximate surface area is 104 Å².